The van der Waals surface area contributed by atoms with E-state index in [2.05, 4.69) is 17.6 Å². The maximum Gasteiger partial charge on any atom is 0.264 e. The van der Waals surface area contributed by atoms with E-state index in [1.165, 1.54) is 19.3 Å². The maximum atomic E-state index is 13.0. The Morgan fingerprint density at radius 2 is 1.93 bits per heavy atom. The highest BCUT2D eigenvalue weighted by Crippen LogP contribution is 2.32. The quantitative estimate of drug-likeness (QED) is 0.480. The van der Waals surface area contributed by atoms with Gasteiger partial charge in [0, 0.05) is 18.7 Å². The van der Waals surface area contributed by atoms with Crippen molar-refractivity contribution in [3.63, 3.8) is 0 Å². The molecular weight excluding hydrogens is 346 g/mol. The fourth-order valence-electron chi connectivity index (χ4n) is 3.74. The summed E-state index contributed by atoms with van der Waals surface area (Å²) in [5.74, 6) is -1.10. The third-order valence-electron chi connectivity index (χ3n) is 5.21. The molecule has 0 aromatic heterocycles. The lowest BCUT2D eigenvalue weighted by Gasteiger charge is -2.33. The van der Waals surface area contributed by atoms with Gasteiger partial charge in [-0.2, -0.15) is 0 Å². The molecule has 2 heterocycles. The van der Waals surface area contributed by atoms with Gasteiger partial charge in [0.2, 0.25) is 5.91 Å². The zero-order valence-electron chi connectivity index (χ0n) is 15.7. The highest BCUT2D eigenvalue weighted by molar-refractivity contribution is 6.24. The SMILES string of the molecule is CCCCCCCNc1cccc2c1C(=O)N(C1CCC(=O)NC1O)C2=O. The summed E-state index contributed by atoms with van der Waals surface area (Å²) in [5.41, 5.74) is 1.36. The largest absolute Gasteiger partial charge is 0.384 e. The molecule has 1 saturated heterocycles. The average molecular weight is 373 g/mol. The number of fused-ring (bicyclic) bond motifs is 1. The molecule has 0 saturated carbocycles. The van der Waals surface area contributed by atoms with Gasteiger partial charge in [0.1, 0.15) is 6.23 Å². The first-order valence-electron chi connectivity index (χ1n) is 9.76. The molecule has 7 nitrogen and oxygen atoms in total. The summed E-state index contributed by atoms with van der Waals surface area (Å²) >= 11 is 0. The van der Waals surface area contributed by atoms with Crippen molar-refractivity contribution in [1.82, 2.24) is 10.2 Å². The third kappa shape index (κ3) is 3.98. The van der Waals surface area contributed by atoms with Gasteiger partial charge in [-0.05, 0) is 25.0 Å². The zero-order chi connectivity index (χ0) is 19.4. The highest BCUT2D eigenvalue weighted by atomic mass is 16.3. The number of unbranched alkanes of at least 4 members (excludes halogenated alkanes) is 4. The van der Waals surface area contributed by atoms with Gasteiger partial charge < -0.3 is 15.7 Å². The molecule has 2 atom stereocenters. The molecule has 2 aliphatic rings. The van der Waals surface area contributed by atoms with Gasteiger partial charge in [-0.15, -0.1) is 0 Å². The number of imide groups is 1. The van der Waals surface area contributed by atoms with E-state index in [4.69, 9.17) is 0 Å². The normalized spacial score (nSPS) is 22.0. The second-order valence-electron chi connectivity index (χ2n) is 7.17. The molecule has 2 unspecified atom stereocenters. The van der Waals surface area contributed by atoms with Gasteiger partial charge >= 0.3 is 0 Å². The van der Waals surface area contributed by atoms with Crippen LogP contribution in [0.2, 0.25) is 0 Å². The number of hydrogen-bond donors (Lipinski definition) is 3. The van der Waals surface area contributed by atoms with Crippen molar-refractivity contribution in [2.75, 3.05) is 11.9 Å². The standard InChI is InChI=1S/C20H27N3O4/c1-2-3-4-5-6-12-21-14-9-7-8-13-17(14)20(27)23(19(13)26)15-10-11-16(24)22-18(15)25/h7-9,15,18,21,25H,2-6,10-12H2,1H3,(H,22,24). The van der Waals surface area contributed by atoms with Crippen LogP contribution >= 0.6 is 0 Å². The molecule has 0 radical (unpaired) electrons. The Hall–Kier alpha value is -2.41. The smallest absolute Gasteiger partial charge is 0.264 e. The summed E-state index contributed by atoms with van der Waals surface area (Å²) in [5, 5.41) is 15.8. The zero-order valence-corrected chi connectivity index (χ0v) is 15.7. The van der Waals surface area contributed by atoms with Crippen LogP contribution in [0, 0.1) is 0 Å². The Balaban J connectivity index is 1.71. The second kappa shape index (κ2) is 8.52. The van der Waals surface area contributed by atoms with E-state index < -0.39 is 24.1 Å². The molecule has 1 aromatic rings. The van der Waals surface area contributed by atoms with Crippen molar-refractivity contribution in [2.45, 2.75) is 64.1 Å². The molecule has 1 aromatic carbocycles. The molecule has 3 amide bonds. The third-order valence-corrected chi connectivity index (χ3v) is 5.21. The second-order valence-corrected chi connectivity index (χ2v) is 7.17. The number of benzene rings is 1. The van der Waals surface area contributed by atoms with Crippen LogP contribution in [-0.4, -0.2) is 46.5 Å². The predicted molar refractivity (Wildman–Crippen MR) is 101 cm³/mol. The van der Waals surface area contributed by atoms with E-state index >= 15 is 0 Å². The number of nitrogens with one attached hydrogen (secondary N) is 2. The van der Waals surface area contributed by atoms with Crippen LogP contribution in [0.15, 0.2) is 18.2 Å². The molecule has 2 aliphatic heterocycles. The first-order valence-corrected chi connectivity index (χ1v) is 9.76. The first-order chi connectivity index (χ1) is 13.0. The molecule has 0 aliphatic carbocycles. The van der Waals surface area contributed by atoms with Crippen molar-refractivity contribution in [1.29, 1.82) is 0 Å². The summed E-state index contributed by atoms with van der Waals surface area (Å²) in [7, 11) is 0. The summed E-state index contributed by atoms with van der Waals surface area (Å²) in [6.07, 6.45) is 4.95. The summed E-state index contributed by atoms with van der Waals surface area (Å²) in [6.45, 7) is 2.92. The Morgan fingerprint density at radius 3 is 2.67 bits per heavy atom. The minimum Gasteiger partial charge on any atom is -0.384 e. The molecule has 27 heavy (non-hydrogen) atoms. The Kier molecular flexibility index (Phi) is 6.11. The molecule has 0 spiro atoms. The fraction of sp³-hybridized carbons (Fsp3) is 0.550. The lowest BCUT2D eigenvalue weighted by molar-refractivity contribution is -0.129. The van der Waals surface area contributed by atoms with Gasteiger partial charge in [-0.25, -0.2) is 0 Å². The van der Waals surface area contributed by atoms with E-state index in [0.717, 1.165) is 24.3 Å². The lowest BCUT2D eigenvalue weighted by atomic mass is 10.0. The van der Waals surface area contributed by atoms with Crippen LogP contribution in [0.4, 0.5) is 5.69 Å². The number of aliphatic hydroxyl groups excluding tert-OH is 1. The van der Waals surface area contributed by atoms with Gasteiger partial charge in [0.15, 0.2) is 0 Å². The fourth-order valence-corrected chi connectivity index (χ4v) is 3.74. The van der Waals surface area contributed by atoms with Gasteiger partial charge in [0.25, 0.3) is 11.8 Å². The molecule has 0 bridgehead atoms. The Bertz CT molecular complexity index is 734. The Morgan fingerprint density at radius 1 is 1.15 bits per heavy atom. The molecule has 3 rings (SSSR count). The highest BCUT2D eigenvalue weighted by Gasteiger charge is 2.45. The van der Waals surface area contributed by atoms with Gasteiger partial charge in [-0.3, -0.25) is 19.3 Å². The van der Waals surface area contributed by atoms with E-state index in [9.17, 15) is 19.5 Å². The molecule has 3 N–H and O–H groups in total. The average Bonchev–Trinajstić information content (AvgIpc) is 2.90. The van der Waals surface area contributed by atoms with Crippen molar-refractivity contribution < 1.29 is 19.5 Å². The number of nitrogens with zero attached hydrogens (tertiary/aromatic N) is 1. The van der Waals surface area contributed by atoms with Crippen LogP contribution in [-0.2, 0) is 4.79 Å². The number of aliphatic hydroxyl groups is 1. The number of hydrogen-bond acceptors (Lipinski definition) is 5. The van der Waals surface area contributed by atoms with Crippen LogP contribution in [0.3, 0.4) is 0 Å². The summed E-state index contributed by atoms with van der Waals surface area (Å²) < 4.78 is 0. The number of carbonyl (C=O) groups is 3. The minimum atomic E-state index is -1.23. The number of piperidine rings is 1. The van der Waals surface area contributed by atoms with Gasteiger partial charge in [0.05, 0.1) is 17.2 Å². The van der Waals surface area contributed by atoms with E-state index in [1.54, 1.807) is 18.2 Å². The number of carbonyl (C=O) groups excluding carboxylic acids is 3. The van der Waals surface area contributed by atoms with Crippen LogP contribution in [0.25, 0.3) is 0 Å². The first kappa shape index (κ1) is 19.4. The topological polar surface area (TPSA) is 98.7 Å². The molecule has 1 fully saturated rings. The van der Waals surface area contributed by atoms with Crippen molar-refractivity contribution in [3.8, 4) is 0 Å². The van der Waals surface area contributed by atoms with E-state index in [-0.39, 0.29) is 18.7 Å². The summed E-state index contributed by atoms with van der Waals surface area (Å²) in [4.78, 5) is 38.3. The Labute approximate surface area is 159 Å². The number of rotatable bonds is 8. The minimum absolute atomic E-state index is 0.179. The van der Waals surface area contributed by atoms with Crippen LogP contribution in [0.1, 0.15) is 72.6 Å². The van der Waals surface area contributed by atoms with Crippen molar-refractivity contribution in [3.05, 3.63) is 29.3 Å². The molecule has 7 heteroatoms. The van der Waals surface area contributed by atoms with E-state index in [1.807, 2.05) is 0 Å². The number of anilines is 1. The van der Waals surface area contributed by atoms with Crippen molar-refractivity contribution >= 4 is 23.4 Å². The summed E-state index contributed by atoms with van der Waals surface area (Å²) in [6, 6.07) is 4.46. The van der Waals surface area contributed by atoms with Gasteiger partial charge in [-0.1, -0.05) is 38.7 Å². The maximum absolute atomic E-state index is 13.0. The lowest BCUT2D eigenvalue weighted by Crippen LogP contribution is -2.57. The van der Waals surface area contributed by atoms with Crippen LogP contribution in [0.5, 0.6) is 0 Å². The van der Waals surface area contributed by atoms with E-state index in [0.29, 0.717) is 16.8 Å². The monoisotopic (exact) mass is 373 g/mol. The predicted octanol–water partition coefficient (Wildman–Crippen LogP) is 2.26. The van der Waals surface area contributed by atoms with Crippen LogP contribution < -0.4 is 10.6 Å². The number of amides is 3. The van der Waals surface area contributed by atoms with Crippen molar-refractivity contribution in [2.24, 2.45) is 0 Å². The molecule has 146 valence electrons. The molecular formula is C20H27N3O4.